The molecule has 0 saturated heterocycles. The lowest BCUT2D eigenvalue weighted by Gasteiger charge is -2.15. The molecule has 0 heterocycles. The number of carbonyl (C=O) groups is 1. The van der Waals surface area contributed by atoms with Crippen LogP contribution in [0.15, 0.2) is 54.6 Å². The van der Waals surface area contributed by atoms with Crippen molar-refractivity contribution in [1.82, 2.24) is 0 Å². The highest BCUT2D eigenvalue weighted by Gasteiger charge is 2.17. The molecule has 0 radical (unpaired) electrons. The summed E-state index contributed by atoms with van der Waals surface area (Å²) >= 11 is 0. The molecule has 3 N–H and O–H groups in total. The molecule has 0 aliphatic heterocycles. The fourth-order valence-electron chi connectivity index (χ4n) is 2.34. The van der Waals surface area contributed by atoms with Gasteiger partial charge in [0.25, 0.3) is 0 Å². The first-order chi connectivity index (χ1) is 11.6. The lowest BCUT2D eigenvalue weighted by molar-refractivity contribution is -0.149. The van der Waals surface area contributed by atoms with E-state index >= 15 is 0 Å². The number of carboxylic acids is 1. The van der Waals surface area contributed by atoms with E-state index in [-0.39, 0.29) is 6.04 Å². The average molecular weight is 329 g/mol. The zero-order valence-electron chi connectivity index (χ0n) is 13.7. The van der Waals surface area contributed by atoms with Crippen molar-refractivity contribution < 1.29 is 19.4 Å². The Morgan fingerprint density at radius 1 is 1.12 bits per heavy atom. The van der Waals surface area contributed by atoms with Gasteiger partial charge in [-0.2, -0.15) is 0 Å². The monoisotopic (exact) mass is 329 g/mol. The molecule has 2 atom stereocenters. The number of hydrogen-bond acceptors (Lipinski definition) is 4. The third-order valence-electron chi connectivity index (χ3n) is 3.65. The molecule has 0 fully saturated rings. The molecule has 128 valence electrons. The number of nitrogens with two attached hydrogens (primary N) is 1. The minimum absolute atomic E-state index is 0.194. The van der Waals surface area contributed by atoms with Crippen molar-refractivity contribution in [3.05, 3.63) is 65.7 Å². The zero-order chi connectivity index (χ0) is 17.4. The predicted octanol–water partition coefficient (Wildman–Crippen LogP) is 2.80. The Morgan fingerprint density at radius 2 is 1.79 bits per heavy atom. The van der Waals surface area contributed by atoms with Crippen molar-refractivity contribution in [3.63, 3.8) is 0 Å². The third kappa shape index (κ3) is 5.37. The molecule has 2 rings (SSSR count). The van der Waals surface area contributed by atoms with E-state index in [2.05, 4.69) is 0 Å². The molecule has 0 aliphatic rings. The molecule has 0 unspecified atom stereocenters. The van der Waals surface area contributed by atoms with Crippen LogP contribution in [0.5, 0.6) is 5.75 Å². The van der Waals surface area contributed by atoms with Gasteiger partial charge in [0.05, 0.1) is 6.04 Å². The standard InChI is InChI=1S/C19H23NO4/c1-2-23-18(19(21)22)12-14-8-10-16(11-9-14)24-13-17(20)15-6-4-3-5-7-15/h3-11,17-18H,2,12-13,20H2,1H3,(H,21,22)/t17-,18+/m1/s1. The van der Waals surface area contributed by atoms with Gasteiger partial charge in [-0.1, -0.05) is 42.5 Å². The molecule has 5 heteroatoms. The summed E-state index contributed by atoms with van der Waals surface area (Å²) in [4.78, 5) is 11.1. The molecule has 0 amide bonds. The lowest BCUT2D eigenvalue weighted by atomic mass is 10.1. The van der Waals surface area contributed by atoms with Gasteiger partial charge in [0.2, 0.25) is 0 Å². The first-order valence-corrected chi connectivity index (χ1v) is 7.96. The van der Waals surface area contributed by atoms with Crippen molar-refractivity contribution in [3.8, 4) is 5.75 Å². The number of carboxylic acid groups (broad SMARTS) is 1. The van der Waals surface area contributed by atoms with Gasteiger partial charge < -0.3 is 20.3 Å². The van der Waals surface area contributed by atoms with Gasteiger partial charge in [-0.25, -0.2) is 4.79 Å². The van der Waals surface area contributed by atoms with Crippen LogP contribution in [0.4, 0.5) is 0 Å². The minimum Gasteiger partial charge on any atom is -0.492 e. The van der Waals surface area contributed by atoms with Crippen LogP contribution in [0.2, 0.25) is 0 Å². The number of benzene rings is 2. The lowest BCUT2D eigenvalue weighted by Crippen LogP contribution is -2.26. The second-order valence-electron chi connectivity index (χ2n) is 5.46. The van der Waals surface area contributed by atoms with Gasteiger partial charge in [-0.15, -0.1) is 0 Å². The van der Waals surface area contributed by atoms with Gasteiger partial charge in [0.1, 0.15) is 12.4 Å². The molecular formula is C19H23NO4. The van der Waals surface area contributed by atoms with Crippen molar-refractivity contribution >= 4 is 5.97 Å². The summed E-state index contributed by atoms with van der Waals surface area (Å²) in [5.41, 5.74) is 8.01. The highest BCUT2D eigenvalue weighted by atomic mass is 16.5. The van der Waals surface area contributed by atoms with Crippen molar-refractivity contribution in [2.75, 3.05) is 13.2 Å². The second kappa shape index (κ2) is 9.05. The number of rotatable bonds is 9. The number of hydrogen-bond donors (Lipinski definition) is 2. The highest BCUT2D eigenvalue weighted by Crippen LogP contribution is 2.17. The Kier molecular flexibility index (Phi) is 6.78. The molecular weight excluding hydrogens is 306 g/mol. The fourth-order valence-corrected chi connectivity index (χ4v) is 2.34. The Hall–Kier alpha value is -2.37. The number of ether oxygens (including phenoxy) is 2. The van der Waals surface area contributed by atoms with Gasteiger partial charge in [-0.3, -0.25) is 0 Å². The maximum absolute atomic E-state index is 11.1. The van der Waals surface area contributed by atoms with E-state index in [0.29, 0.717) is 25.4 Å². The summed E-state index contributed by atoms with van der Waals surface area (Å²) < 4.78 is 10.9. The second-order valence-corrected chi connectivity index (χ2v) is 5.46. The van der Waals surface area contributed by atoms with Crippen LogP contribution in [0.1, 0.15) is 24.1 Å². The topological polar surface area (TPSA) is 81.8 Å². The quantitative estimate of drug-likeness (QED) is 0.739. The minimum atomic E-state index is -0.953. The number of aliphatic carboxylic acids is 1. The smallest absolute Gasteiger partial charge is 0.333 e. The van der Waals surface area contributed by atoms with Crippen LogP contribution in [0.25, 0.3) is 0 Å². The van der Waals surface area contributed by atoms with Crippen LogP contribution < -0.4 is 10.5 Å². The Labute approximate surface area is 142 Å². The third-order valence-corrected chi connectivity index (χ3v) is 3.65. The maximum atomic E-state index is 11.1. The molecule has 5 nitrogen and oxygen atoms in total. The van der Waals surface area contributed by atoms with E-state index in [1.807, 2.05) is 54.6 Å². The molecule has 2 aromatic carbocycles. The van der Waals surface area contributed by atoms with Crippen LogP contribution in [0.3, 0.4) is 0 Å². The van der Waals surface area contributed by atoms with Crippen molar-refractivity contribution in [1.29, 1.82) is 0 Å². The van der Waals surface area contributed by atoms with Crippen LogP contribution >= 0.6 is 0 Å². The van der Waals surface area contributed by atoms with E-state index in [0.717, 1.165) is 11.1 Å². The summed E-state index contributed by atoms with van der Waals surface area (Å²) in [6.45, 7) is 2.53. The maximum Gasteiger partial charge on any atom is 0.333 e. The van der Waals surface area contributed by atoms with Crippen molar-refractivity contribution in [2.45, 2.75) is 25.5 Å². The van der Waals surface area contributed by atoms with Gasteiger partial charge in [0, 0.05) is 13.0 Å². The molecule has 0 spiro atoms. The Balaban J connectivity index is 1.89. The van der Waals surface area contributed by atoms with Crippen LogP contribution in [-0.2, 0) is 16.0 Å². The van der Waals surface area contributed by atoms with Crippen molar-refractivity contribution in [2.24, 2.45) is 5.73 Å². The average Bonchev–Trinajstić information content (AvgIpc) is 2.61. The molecule has 0 aromatic heterocycles. The Bertz CT molecular complexity index is 628. The van der Waals surface area contributed by atoms with Crippen LogP contribution in [-0.4, -0.2) is 30.4 Å². The van der Waals surface area contributed by atoms with E-state index < -0.39 is 12.1 Å². The van der Waals surface area contributed by atoms with Gasteiger partial charge in [-0.05, 0) is 30.2 Å². The van der Waals surface area contributed by atoms with E-state index in [9.17, 15) is 4.79 Å². The summed E-state index contributed by atoms with van der Waals surface area (Å²) in [7, 11) is 0. The van der Waals surface area contributed by atoms with E-state index in [1.165, 1.54) is 0 Å². The summed E-state index contributed by atoms with van der Waals surface area (Å²) in [5.74, 6) is -0.251. The van der Waals surface area contributed by atoms with Gasteiger partial charge >= 0.3 is 5.97 Å². The first kappa shape index (κ1) is 18.0. The molecule has 0 bridgehead atoms. The van der Waals surface area contributed by atoms with E-state index in [4.69, 9.17) is 20.3 Å². The Morgan fingerprint density at radius 3 is 2.38 bits per heavy atom. The normalized spacial score (nSPS) is 13.2. The zero-order valence-corrected chi connectivity index (χ0v) is 13.7. The highest BCUT2D eigenvalue weighted by molar-refractivity contribution is 5.72. The SMILES string of the molecule is CCO[C@@H](Cc1ccc(OC[C@@H](N)c2ccccc2)cc1)C(=O)O. The summed E-state index contributed by atoms with van der Waals surface area (Å²) in [5, 5.41) is 9.11. The predicted molar refractivity (Wildman–Crippen MR) is 92.1 cm³/mol. The first-order valence-electron chi connectivity index (χ1n) is 7.96. The van der Waals surface area contributed by atoms with E-state index in [1.54, 1.807) is 6.92 Å². The molecule has 0 saturated carbocycles. The molecule has 2 aromatic rings. The summed E-state index contributed by atoms with van der Waals surface area (Å²) in [6, 6.07) is 16.9. The summed E-state index contributed by atoms with van der Waals surface area (Å²) in [6.07, 6.45) is -0.499. The fraction of sp³-hybridized carbons (Fsp3) is 0.316. The molecule has 0 aliphatic carbocycles. The largest absolute Gasteiger partial charge is 0.492 e. The van der Waals surface area contributed by atoms with Gasteiger partial charge in [0.15, 0.2) is 6.10 Å². The molecule has 24 heavy (non-hydrogen) atoms. The van der Waals surface area contributed by atoms with Crippen LogP contribution in [0, 0.1) is 0 Å².